The quantitative estimate of drug-likeness (QED) is 0.782. The second kappa shape index (κ2) is 6.98. The van der Waals surface area contributed by atoms with Crippen molar-refractivity contribution in [3.8, 4) is 0 Å². The van der Waals surface area contributed by atoms with Crippen LogP contribution >= 0.6 is 12.2 Å². The molecule has 0 atom stereocenters. The van der Waals surface area contributed by atoms with Crippen LogP contribution in [0.2, 0.25) is 0 Å². The molecule has 0 bridgehead atoms. The van der Waals surface area contributed by atoms with Crippen molar-refractivity contribution in [1.29, 1.82) is 0 Å². The number of rotatable bonds is 7. The molecular formula is C13H20N2O2S2. The number of nitrogens with two attached hydrogens (primary N) is 1. The first-order chi connectivity index (χ1) is 8.84. The van der Waals surface area contributed by atoms with E-state index in [1.54, 1.807) is 30.3 Å². The fourth-order valence-electron chi connectivity index (χ4n) is 1.69. The summed E-state index contributed by atoms with van der Waals surface area (Å²) < 4.78 is 26.5. The number of sulfonamides is 1. The van der Waals surface area contributed by atoms with Crippen LogP contribution in [-0.4, -0.2) is 30.8 Å². The number of nitrogens with zero attached hydrogens (tertiary/aromatic N) is 1. The van der Waals surface area contributed by atoms with E-state index in [1.165, 1.54) is 4.31 Å². The molecule has 0 radical (unpaired) electrons. The summed E-state index contributed by atoms with van der Waals surface area (Å²) in [5.41, 5.74) is 5.46. The van der Waals surface area contributed by atoms with Gasteiger partial charge in [-0.2, -0.15) is 4.31 Å². The Morgan fingerprint density at radius 2 is 1.89 bits per heavy atom. The van der Waals surface area contributed by atoms with Crippen molar-refractivity contribution in [2.45, 2.75) is 25.2 Å². The van der Waals surface area contributed by atoms with Crippen LogP contribution in [0.4, 0.5) is 0 Å². The summed E-state index contributed by atoms with van der Waals surface area (Å²) in [6, 6.07) is 8.43. The molecule has 0 saturated heterocycles. The molecule has 1 rings (SSSR count). The van der Waals surface area contributed by atoms with Crippen LogP contribution in [-0.2, 0) is 10.0 Å². The van der Waals surface area contributed by atoms with E-state index in [0.717, 1.165) is 0 Å². The lowest BCUT2D eigenvalue weighted by molar-refractivity contribution is 0.374. The van der Waals surface area contributed by atoms with Crippen molar-refractivity contribution >= 4 is 27.2 Å². The van der Waals surface area contributed by atoms with E-state index >= 15 is 0 Å². The lowest BCUT2D eigenvalue weighted by Gasteiger charge is -2.23. The zero-order chi connectivity index (χ0) is 14.5. The Labute approximate surface area is 120 Å². The predicted molar refractivity (Wildman–Crippen MR) is 81.4 cm³/mol. The van der Waals surface area contributed by atoms with Gasteiger partial charge in [-0.3, -0.25) is 0 Å². The summed E-state index contributed by atoms with van der Waals surface area (Å²) >= 11 is 4.82. The minimum Gasteiger partial charge on any atom is -0.393 e. The summed E-state index contributed by atoms with van der Waals surface area (Å²) in [5.74, 6) is 0.241. The number of hydrogen-bond acceptors (Lipinski definition) is 3. The summed E-state index contributed by atoms with van der Waals surface area (Å²) in [7, 11) is -3.47. The molecule has 0 heterocycles. The van der Waals surface area contributed by atoms with Crippen molar-refractivity contribution in [1.82, 2.24) is 4.31 Å². The van der Waals surface area contributed by atoms with Crippen LogP contribution in [0.1, 0.15) is 20.3 Å². The van der Waals surface area contributed by atoms with E-state index in [1.807, 2.05) is 13.8 Å². The second-order valence-corrected chi connectivity index (χ2v) is 7.25. The molecule has 2 N–H and O–H groups in total. The molecule has 4 nitrogen and oxygen atoms in total. The molecule has 0 spiro atoms. The van der Waals surface area contributed by atoms with Gasteiger partial charge in [0.1, 0.15) is 0 Å². The molecule has 19 heavy (non-hydrogen) atoms. The Hall–Kier alpha value is -0.980. The highest BCUT2D eigenvalue weighted by Crippen LogP contribution is 2.17. The highest BCUT2D eigenvalue weighted by Gasteiger charge is 2.24. The van der Waals surface area contributed by atoms with Gasteiger partial charge in [0.2, 0.25) is 10.0 Å². The van der Waals surface area contributed by atoms with Crippen LogP contribution in [0.25, 0.3) is 0 Å². The molecule has 6 heteroatoms. The third-order valence-corrected chi connectivity index (χ3v) is 4.64. The minimum atomic E-state index is -3.47. The van der Waals surface area contributed by atoms with Gasteiger partial charge in [0.15, 0.2) is 0 Å². The highest BCUT2D eigenvalue weighted by molar-refractivity contribution is 7.89. The van der Waals surface area contributed by atoms with Gasteiger partial charge in [0.25, 0.3) is 0 Å². The fourth-order valence-corrected chi connectivity index (χ4v) is 3.41. The highest BCUT2D eigenvalue weighted by atomic mass is 32.2. The van der Waals surface area contributed by atoms with E-state index in [2.05, 4.69) is 0 Å². The fraction of sp³-hybridized carbons (Fsp3) is 0.462. The van der Waals surface area contributed by atoms with Gasteiger partial charge in [-0.05, 0) is 18.1 Å². The number of thiocarbonyl (C=S) groups is 1. The second-order valence-electron chi connectivity index (χ2n) is 4.79. The molecule has 0 aliphatic rings. The summed E-state index contributed by atoms with van der Waals surface area (Å²) in [6.07, 6.45) is 0.397. The first kappa shape index (κ1) is 16.1. The monoisotopic (exact) mass is 300 g/mol. The lowest BCUT2D eigenvalue weighted by atomic mass is 10.2. The van der Waals surface area contributed by atoms with Crippen LogP contribution < -0.4 is 5.73 Å². The molecular weight excluding hydrogens is 280 g/mol. The van der Waals surface area contributed by atoms with Crippen molar-refractivity contribution in [3.63, 3.8) is 0 Å². The molecule has 106 valence electrons. The van der Waals surface area contributed by atoms with Crippen LogP contribution in [0, 0.1) is 5.92 Å². The minimum absolute atomic E-state index is 0.241. The van der Waals surface area contributed by atoms with E-state index < -0.39 is 10.0 Å². The van der Waals surface area contributed by atoms with Crippen molar-refractivity contribution < 1.29 is 8.42 Å². The van der Waals surface area contributed by atoms with Gasteiger partial charge in [-0.25, -0.2) is 8.42 Å². The third-order valence-electron chi connectivity index (χ3n) is 2.56. The first-order valence-corrected chi connectivity index (χ1v) is 8.02. The predicted octanol–water partition coefficient (Wildman–Crippen LogP) is 2.01. The van der Waals surface area contributed by atoms with Crippen LogP contribution in [0.5, 0.6) is 0 Å². The molecule has 0 aliphatic carbocycles. The van der Waals surface area contributed by atoms with E-state index in [-0.39, 0.29) is 5.92 Å². The SMILES string of the molecule is CC(C)CN(CCC(N)=S)S(=O)(=O)c1ccccc1. The summed E-state index contributed by atoms with van der Waals surface area (Å²) in [5, 5.41) is 0. The summed E-state index contributed by atoms with van der Waals surface area (Å²) in [4.78, 5) is 0.635. The number of benzene rings is 1. The molecule has 0 aromatic heterocycles. The van der Waals surface area contributed by atoms with Gasteiger partial charge < -0.3 is 5.73 Å². The maximum absolute atomic E-state index is 12.5. The number of hydrogen-bond donors (Lipinski definition) is 1. The van der Waals surface area contributed by atoms with Crippen LogP contribution in [0.15, 0.2) is 35.2 Å². The lowest BCUT2D eigenvalue weighted by Crippen LogP contribution is -2.36. The normalized spacial score (nSPS) is 12.0. The Morgan fingerprint density at radius 3 is 2.37 bits per heavy atom. The Morgan fingerprint density at radius 1 is 1.32 bits per heavy atom. The largest absolute Gasteiger partial charge is 0.393 e. The molecule has 0 aliphatic heterocycles. The van der Waals surface area contributed by atoms with Crippen LogP contribution in [0.3, 0.4) is 0 Å². The van der Waals surface area contributed by atoms with Crippen molar-refractivity contribution in [2.75, 3.05) is 13.1 Å². The van der Waals surface area contributed by atoms with Gasteiger partial charge in [-0.1, -0.05) is 44.3 Å². The zero-order valence-electron chi connectivity index (χ0n) is 11.2. The standard InChI is InChI=1S/C13H20N2O2S2/c1-11(2)10-15(9-8-13(14)18)19(16,17)12-6-4-3-5-7-12/h3-7,11H,8-10H2,1-2H3,(H2,14,18). The van der Waals surface area contributed by atoms with Crippen molar-refractivity contribution in [3.05, 3.63) is 30.3 Å². The maximum atomic E-state index is 12.5. The average Bonchev–Trinajstić information content (AvgIpc) is 2.34. The van der Waals surface area contributed by atoms with Gasteiger partial charge in [-0.15, -0.1) is 0 Å². The van der Waals surface area contributed by atoms with E-state index in [9.17, 15) is 8.42 Å². The van der Waals surface area contributed by atoms with Gasteiger partial charge >= 0.3 is 0 Å². The van der Waals surface area contributed by atoms with Crippen molar-refractivity contribution in [2.24, 2.45) is 11.7 Å². The first-order valence-electron chi connectivity index (χ1n) is 6.17. The average molecular weight is 300 g/mol. The van der Waals surface area contributed by atoms with E-state index in [0.29, 0.717) is 29.4 Å². The Kier molecular flexibility index (Phi) is 5.90. The Bertz CT molecular complexity index is 513. The third kappa shape index (κ3) is 4.89. The zero-order valence-corrected chi connectivity index (χ0v) is 12.9. The topological polar surface area (TPSA) is 63.4 Å². The molecule has 0 unspecified atom stereocenters. The molecule has 1 aromatic carbocycles. The molecule has 0 saturated carbocycles. The van der Waals surface area contributed by atoms with E-state index in [4.69, 9.17) is 18.0 Å². The smallest absolute Gasteiger partial charge is 0.243 e. The molecule has 0 amide bonds. The van der Waals surface area contributed by atoms with Gasteiger partial charge in [0, 0.05) is 19.5 Å². The molecule has 1 aromatic rings. The Balaban J connectivity index is 2.98. The molecule has 0 fully saturated rings. The maximum Gasteiger partial charge on any atom is 0.243 e. The van der Waals surface area contributed by atoms with Gasteiger partial charge in [0.05, 0.1) is 9.88 Å². The summed E-state index contributed by atoms with van der Waals surface area (Å²) in [6.45, 7) is 4.74.